The monoisotopic (exact) mass is 303 g/mol. The van der Waals surface area contributed by atoms with Crippen LogP contribution in [0.25, 0.3) is 11.1 Å². The molecule has 110 valence electrons. The summed E-state index contributed by atoms with van der Waals surface area (Å²) in [5, 5.41) is 4.03. The van der Waals surface area contributed by atoms with E-state index in [-0.39, 0.29) is 5.82 Å². The second kappa shape index (κ2) is 6.17. The number of hydrogen-bond donors (Lipinski definition) is 1. The summed E-state index contributed by atoms with van der Waals surface area (Å²) in [6.45, 7) is 3.20. The van der Waals surface area contributed by atoms with Crippen LogP contribution in [0.4, 0.5) is 4.39 Å². The Kier molecular flexibility index (Phi) is 4.27. The molecule has 1 N–H and O–H groups in total. The van der Waals surface area contributed by atoms with Crippen LogP contribution in [0.1, 0.15) is 36.9 Å². The van der Waals surface area contributed by atoms with Gasteiger partial charge in [-0.3, -0.25) is 0 Å². The van der Waals surface area contributed by atoms with Crippen LogP contribution in [0.15, 0.2) is 36.4 Å². The molecule has 0 spiro atoms. The van der Waals surface area contributed by atoms with Crippen molar-refractivity contribution in [2.75, 3.05) is 6.54 Å². The van der Waals surface area contributed by atoms with Gasteiger partial charge in [-0.2, -0.15) is 0 Å². The van der Waals surface area contributed by atoms with Crippen molar-refractivity contribution in [3.8, 4) is 11.1 Å². The van der Waals surface area contributed by atoms with Gasteiger partial charge in [0.25, 0.3) is 0 Å². The van der Waals surface area contributed by atoms with Gasteiger partial charge in [-0.1, -0.05) is 36.7 Å². The molecule has 2 aromatic carbocycles. The van der Waals surface area contributed by atoms with Crippen molar-refractivity contribution in [1.29, 1.82) is 0 Å². The van der Waals surface area contributed by atoms with Gasteiger partial charge in [0.15, 0.2) is 0 Å². The molecule has 0 bridgehead atoms. The lowest BCUT2D eigenvalue weighted by Crippen LogP contribution is -2.19. The molecule has 1 aliphatic carbocycles. The van der Waals surface area contributed by atoms with Gasteiger partial charge in [-0.15, -0.1) is 0 Å². The number of fused-ring (bicyclic) bond motifs is 1. The molecule has 3 heteroatoms. The summed E-state index contributed by atoms with van der Waals surface area (Å²) in [6, 6.07) is 11.5. The Morgan fingerprint density at radius 3 is 2.90 bits per heavy atom. The number of halogens is 2. The van der Waals surface area contributed by atoms with Gasteiger partial charge >= 0.3 is 0 Å². The van der Waals surface area contributed by atoms with E-state index in [4.69, 9.17) is 11.6 Å². The minimum absolute atomic E-state index is 0.284. The molecule has 2 aromatic rings. The Morgan fingerprint density at radius 1 is 1.29 bits per heavy atom. The third kappa shape index (κ3) is 2.97. The second-order valence-corrected chi connectivity index (χ2v) is 6.01. The molecule has 0 radical (unpaired) electrons. The summed E-state index contributed by atoms with van der Waals surface area (Å²) in [7, 11) is 0. The van der Waals surface area contributed by atoms with Crippen LogP contribution in [0.3, 0.4) is 0 Å². The van der Waals surface area contributed by atoms with Crippen molar-refractivity contribution in [2.24, 2.45) is 0 Å². The smallest absolute Gasteiger partial charge is 0.125 e. The largest absolute Gasteiger partial charge is 0.310 e. The van der Waals surface area contributed by atoms with E-state index in [1.54, 1.807) is 6.07 Å². The van der Waals surface area contributed by atoms with Crippen LogP contribution >= 0.6 is 11.6 Å². The van der Waals surface area contributed by atoms with E-state index < -0.39 is 0 Å². The molecule has 0 heterocycles. The minimum atomic E-state index is -0.284. The molecule has 0 fully saturated rings. The first kappa shape index (κ1) is 14.6. The summed E-state index contributed by atoms with van der Waals surface area (Å²) in [6.07, 6.45) is 3.27. The van der Waals surface area contributed by atoms with Gasteiger partial charge in [0, 0.05) is 11.1 Å². The molecule has 0 aromatic heterocycles. The average Bonchev–Trinajstić information content (AvgIpc) is 2.87. The van der Waals surface area contributed by atoms with Gasteiger partial charge in [0.1, 0.15) is 5.82 Å². The van der Waals surface area contributed by atoms with Crippen molar-refractivity contribution >= 4 is 11.6 Å². The maximum absolute atomic E-state index is 13.6. The van der Waals surface area contributed by atoms with E-state index in [2.05, 4.69) is 30.4 Å². The van der Waals surface area contributed by atoms with Crippen LogP contribution < -0.4 is 5.32 Å². The highest BCUT2D eigenvalue weighted by atomic mass is 35.5. The highest BCUT2D eigenvalue weighted by Gasteiger charge is 2.24. The van der Waals surface area contributed by atoms with Crippen LogP contribution in [-0.2, 0) is 6.42 Å². The summed E-state index contributed by atoms with van der Waals surface area (Å²) in [5.74, 6) is -0.284. The topological polar surface area (TPSA) is 12.0 Å². The van der Waals surface area contributed by atoms with Gasteiger partial charge in [-0.05, 0) is 66.3 Å². The molecule has 1 atom stereocenters. The lowest BCUT2D eigenvalue weighted by molar-refractivity contribution is 0.529. The third-order valence-corrected chi connectivity index (χ3v) is 4.30. The zero-order valence-corrected chi connectivity index (χ0v) is 12.9. The fraction of sp³-hybridized carbons (Fsp3) is 0.333. The van der Waals surface area contributed by atoms with Crippen molar-refractivity contribution in [1.82, 2.24) is 5.32 Å². The quantitative estimate of drug-likeness (QED) is 0.825. The molecule has 21 heavy (non-hydrogen) atoms. The van der Waals surface area contributed by atoms with Crippen LogP contribution in [0.2, 0.25) is 5.02 Å². The summed E-state index contributed by atoms with van der Waals surface area (Å²) < 4.78 is 13.6. The molecule has 0 amide bonds. The highest BCUT2D eigenvalue weighted by molar-refractivity contribution is 6.30. The standard InChI is InChI=1S/C18H19ClFN/c1-2-8-21-18-7-6-16-15(4-3-5-17(16)18)12-9-13(19)11-14(20)10-12/h3-5,9-11,18,21H,2,6-8H2,1H3. The van der Waals surface area contributed by atoms with E-state index in [0.717, 1.165) is 36.9 Å². The van der Waals surface area contributed by atoms with E-state index in [1.165, 1.54) is 17.2 Å². The second-order valence-electron chi connectivity index (χ2n) is 5.58. The van der Waals surface area contributed by atoms with Crippen molar-refractivity contribution in [3.05, 3.63) is 58.4 Å². The lowest BCUT2D eigenvalue weighted by atomic mass is 9.96. The zero-order valence-electron chi connectivity index (χ0n) is 12.1. The number of rotatable bonds is 4. The van der Waals surface area contributed by atoms with E-state index in [1.807, 2.05) is 6.07 Å². The van der Waals surface area contributed by atoms with Crippen LogP contribution in [0.5, 0.6) is 0 Å². The Hall–Kier alpha value is -1.38. The third-order valence-electron chi connectivity index (χ3n) is 4.08. The lowest BCUT2D eigenvalue weighted by Gasteiger charge is -2.14. The summed E-state index contributed by atoms with van der Waals surface area (Å²) >= 11 is 6.00. The maximum Gasteiger partial charge on any atom is 0.125 e. The highest BCUT2D eigenvalue weighted by Crippen LogP contribution is 2.38. The Bertz CT molecular complexity index is 633. The molecule has 0 saturated heterocycles. The normalized spacial score (nSPS) is 17.0. The van der Waals surface area contributed by atoms with Crippen molar-refractivity contribution in [2.45, 2.75) is 32.2 Å². The molecule has 1 nitrogen and oxygen atoms in total. The fourth-order valence-corrected chi connectivity index (χ4v) is 3.39. The first-order valence-corrected chi connectivity index (χ1v) is 7.88. The summed E-state index contributed by atoms with van der Waals surface area (Å²) in [5.41, 5.74) is 4.65. The van der Waals surface area contributed by atoms with Crippen LogP contribution in [-0.4, -0.2) is 6.54 Å². The van der Waals surface area contributed by atoms with E-state index >= 15 is 0 Å². The first-order chi connectivity index (χ1) is 10.2. The van der Waals surface area contributed by atoms with Crippen LogP contribution in [0, 0.1) is 5.82 Å². The fourth-order valence-electron chi connectivity index (χ4n) is 3.16. The predicted molar refractivity (Wildman–Crippen MR) is 86.2 cm³/mol. The van der Waals surface area contributed by atoms with Gasteiger partial charge in [0.2, 0.25) is 0 Å². The molecular formula is C18H19ClFN. The molecule has 0 saturated carbocycles. The average molecular weight is 304 g/mol. The van der Waals surface area contributed by atoms with Gasteiger partial charge in [-0.25, -0.2) is 4.39 Å². The zero-order chi connectivity index (χ0) is 14.8. The number of hydrogen-bond acceptors (Lipinski definition) is 1. The minimum Gasteiger partial charge on any atom is -0.310 e. The number of nitrogens with one attached hydrogen (secondary N) is 1. The SMILES string of the molecule is CCCNC1CCc2c(-c3cc(F)cc(Cl)c3)cccc21. The Balaban J connectivity index is 2.00. The molecule has 3 rings (SSSR count). The first-order valence-electron chi connectivity index (χ1n) is 7.50. The molecular weight excluding hydrogens is 285 g/mol. The molecule has 1 unspecified atom stereocenters. The maximum atomic E-state index is 13.6. The Morgan fingerprint density at radius 2 is 2.14 bits per heavy atom. The van der Waals surface area contributed by atoms with Crippen molar-refractivity contribution < 1.29 is 4.39 Å². The van der Waals surface area contributed by atoms with Crippen molar-refractivity contribution in [3.63, 3.8) is 0 Å². The van der Waals surface area contributed by atoms with E-state index in [9.17, 15) is 4.39 Å². The van der Waals surface area contributed by atoms with E-state index in [0.29, 0.717) is 11.1 Å². The molecule has 1 aliphatic rings. The van der Waals surface area contributed by atoms with Gasteiger partial charge < -0.3 is 5.32 Å². The number of benzene rings is 2. The Labute approximate surface area is 130 Å². The van der Waals surface area contributed by atoms with Gasteiger partial charge in [0.05, 0.1) is 0 Å². The summed E-state index contributed by atoms with van der Waals surface area (Å²) in [4.78, 5) is 0. The predicted octanol–water partition coefficient (Wildman–Crippen LogP) is 5.13. The molecule has 0 aliphatic heterocycles.